The molecule has 4 amide bonds. The van der Waals surface area contributed by atoms with Crippen LogP contribution in [-0.4, -0.2) is 75.1 Å². The molecule has 8 nitrogen and oxygen atoms in total. The minimum atomic E-state index is -0.392. The number of anilines is 1. The molecule has 26 heavy (non-hydrogen) atoms. The van der Waals surface area contributed by atoms with E-state index in [9.17, 15) is 14.4 Å². The number of hydrogen-bond donors (Lipinski definition) is 2. The molecule has 0 spiro atoms. The van der Waals surface area contributed by atoms with Gasteiger partial charge in [0.2, 0.25) is 11.8 Å². The number of carbonyl (C=O) groups is 3. The maximum absolute atomic E-state index is 12.1. The van der Waals surface area contributed by atoms with Crippen molar-refractivity contribution in [1.82, 2.24) is 15.1 Å². The van der Waals surface area contributed by atoms with Gasteiger partial charge in [-0.15, -0.1) is 0 Å². The van der Waals surface area contributed by atoms with Crippen LogP contribution in [0.2, 0.25) is 0 Å². The van der Waals surface area contributed by atoms with Crippen molar-refractivity contribution in [2.45, 2.75) is 13.3 Å². The first kappa shape index (κ1) is 21.4. The lowest BCUT2D eigenvalue weighted by molar-refractivity contribution is -0.124. The van der Waals surface area contributed by atoms with Crippen LogP contribution in [0.15, 0.2) is 24.3 Å². The zero-order chi connectivity index (χ0) is 19.5. The quantitative estimate of drug-likeness (QED) is 0.641. The molecular weight excluding hydrogens is 336 g/mol. The minimum Gasteiger partial charge on any atom is -0.385 e. The number of amides is 4. The van der Waals surface area contributed by atoms with E-state index in [4.69, 9.17) is 4.74 Å². The Hall–Kier alpha value is -2.61. The van der Waals surface area contributed by atoms with Crippen molar-refractivity contribution in [2.75, 3.05) is 52.8 Å². The lowest BCUT2D eigenvalue weighted by Crippen LogP contribution is -2.46. The largest absolute Gasteiger partial charge is 0.385 e. The average Bonchev–Trinajstić information content (AvgIpc) is 2.60. The van der Waals surface area contributed by atoms with Gasteiger partial charge >= 0.3 is 6.03 Å². The second kappa shape index (κ2) is 11.1. The number of hydrogen-bond acceptors (Lipinski definition) is 4. The molecule has 8 heteroatoms. The van der Waals surface area contributed by atoms with Gasteiger partial charge in [0.1, 0.15) is 6.54 Å². The summed E-state index contributed by atoms with van der Waals surface area (Å²) in [5.41, 5.74) is 1.76. The van der Waals surface area contributed by atoms with Gasteiger partial charge in [0.05, 0.1) is 6.54 Å². The molecule has 0 aliphatic carbocycles. The van der Waals surface area contributed by atoms with Crippen LogP contribution in [-0.2, 0) is 14.3 Å². The summed E-state index contributed by atoms with van der Waals surface area (Å²) in [6.07, 6.45) is 0.622. The van der Waals surface area contributed by atoms with Crippen molar-refractivity contribution in [2.24, 2.45) is 0 Å². The van der Waals surface area contributed by atoms with Gasteiger partial charge in [-0.05, 0) is 25.5 Å². The Bertz CT molecular complexity index is 602. The van der Waals surface area contributed by atoms with Crippen molar-refractivity contribution in [3.05, 3.63) is 29.8 Å². The van der Waals surface area contributed by atoms with Gasteiger partial charge in [-0.3, -0.25) is 9.59 Å². The Morgan fingerprint density at radius 3 is 2.31 bits per heavy atom. The molecule has 144 valence electrons. The van der Waals surface area contributed by atoms with Crippen molar-refractivity contribution in [3.8, 4) is 0 Å². The predicted molar refractivity (Wildman–Crippen MR) is 100.0 cm³/mol. The second-order valence-corrected chi connectivity index (χ2v) is 6.14. The van der Waals surface area contributed by atoms with E-state index in [1.807, 2.05) is 19.1 Å². The summed E-state index contributed by atoms with van der Waals surface area (Å²) >= 11 is 0. The van der Waals surface area contributed by atoms with Crippen molar-refractivity contribution in [1.29, 1.82) is 0 Å². The molecule has 1 rings (SSSR count). The number of ether oxygens (including phenoxy) is 1. The van der Waals surface area contributed by atoms with Crippen LogP contribution in [0.4, 0.5) is 10.5 Å². The minimum absolute atomic E-state index is 0.113. The molecular formula is C18H28N4O4. The topological polar surface area (TPSA) is 91.0 Å². The van der Waals surface area contributed by atoms with E-state index in [1.165, 1.54) is 9.80 Å². The van der Waals surface area contributed by atoms with Gasteiger partial charge in [0.25, 0.3) is 0 Å². The Morgan fingerprint density at radius 2 is 1.73 bits per heavy atom. The number of benzene rings is 1. The SMILES string of the molecule is COCCCN(CC(=O)NCC(=O)Nc1ccc(C)cc1)C(=O)N(C)C. The first-order valence-corrected chi connectivity index (χ1v) is 8.42. The maximum atomic E-state index is 12.1. The fraction of sp³-hybridized carbons (Fsp3) is 0.500. The highest BCUT2D eigenvalue weighted by atomic mass is 16.5. The third-order valence-electron chi connectivity index (χ3n) is 3.55. The normalized spacial score (nSPS) is 10.2. The van der Waals surface area contributed by atoms with E-state index in [-0.39, 0.29) is 25.0 Å². The van der Waals surface area contributed by atoms with Crippen LogP contribution in [0.3, 0.4) is 0 Å². The van der Waals surface area contributed by atoms with E-state index in [2.05, 4.69) is 10.6 Å². The molecule has 1 aromatic carbocycles. The summed E-state index contributed by atoms with van der Waals surface area (Å²) < 4.78 is 4.98. The lowest BCUT2D eigenvalue weighted by atomic mass is 10.2. The number of nitrogens with zero attached hydrogens (tertiary/aromatic N) is 2. The summed E-state index contributed by atoms with van der Waals surface area (Å²) in [5, 5.41) is 5.24. The van der Waals surface area contributed by atoms with Gasteiger partial charge in [-0.2, -0.15) is 0 Å². The highest BCUT2D eigenvalue weighted by Crippen LogP contribution is 2.07. The van der Waals surface area contributed by atoms with Gasteiger partial charge in [0.15, 0.2) is 0 Å². The molecule has 2 N–H and O–H groups in total. The number of rotatable bonds is 9. The average molecular weight is 364 g/mol. The number of urea groups is 1. The van der Waals surface area contributed by atoms with E-state index < -0.39 is 5.91 Å². The standard InChI is InChI=1S/C18H28N4O4/c1-14-6-8-15(9-7-14)20-16(23)12-19-17(24)13-22(10-5-11-26-4)18(25)21(2)3/h6-9H,5,10-13H2,1-4H3,(H,19,24)(H,20,23). The zero-order valence-electron chi connectivity index (χ0n) is 15.9. The van der Waals surface area contributed by atoms with E-state index in [0.29, 0.717) is 25.3 Å². The molecule has 0 unspecified atom stereocenters. The van der Waals surface area contributed by atoms with Crippen LogP contribution < -0.4 is 10.6 Å². The van der Waals surface area contributed by atoms with Gasteiger partial charge < -0.3 is 25.2 Å². The first-order valence-electron chi connectivity index (χ1n) is 8.42. The Labute approximate surface area is 154 Å². The van der Waals surface area contributed by atoms with Crippen LogP contribution in [0.25, 0.3) is 0 Å². The smallest absolute Gasteiger partial charge is 0.319 e. The molecule has 0 radical (unpaired) electrons. The second-order valence-electron chi connectivity index (χ2n) is 6.14. The van der Waals surface area contributed by atoms with Crippen molar-refractivity contribution in [3.63, 3.8) is 0 Å². The summed E-state index contributed by atoms with van der Waals surface area (Å²) in [7, 11) is 4.83. The molecule has 0 heterocycles. The van der Waals surface area contributed by atoms with E-state index in [1.54, 1.807) is 33.3 Å². The highest BCUT2D eigenvalue weighted by molar-refractivity contribution is 5.95. The predicted octanol–water partition coefficient (Wildman–Crippen LogP) is 1.07. The number of carbonyl (C=O) groups excluding carboxylic acids is 3. The molecule has 1 aromatic rings. The van der Waals surface area contributed by atoms with E-state index in [0.717, 1.165) is 5.56 Å². The van der Waals surface area contributed by atoms with Gasteiger partial charge in [-0.1, -0.05) is 17.7 Å². The number of methoxy groups -OCH3 is 1. The summed E-state index contributed by atoms with van der Waals surface area (Å²) in [5.74, 6) is -0.719. The molecule has 0 bridgehead atoms. The van der Waals surface area contributed by atoms with Gasteiger partial charge in [-0.25, -0.2) is 4.79 Å². The molecule has 0 atom stereocenters. The molecule has 0 saturated carbocycles. The summed E-state index contributed by atoms with van der Waals surface area (Å²) in [4.78, 5) is 39.0. The summed E-state index contributed by atoms with van der Waals surface area (Å²) in [6, 6.07) is 7.10. The number of nitrogens with one attached hydrogen (secondary N) is 2. The number of aryl methyl sites for hydroxylation is 1. The lowest BCUT2D eigenvalue weighted by Gasteiger charge is -2.25. The third-order valence-corrected chi connectivity index (χ3v) is 3.55. The molecule has 0 aliphatic heterocycles. The third kappa shape index (κ3) is 7.98. The molecule has 0 fully saturated rings. The Kier molecular flexibility index (Phi) is 9.14. The van der Waals surface area contributed by atoms with E-state index >= 15 is 0 Å². The maximum Gasteiger partial charge on any atom is 0.319 e. The fourth-order valence-corrected chi connectivity index (χ4v) is 2.18. The Morgan fingerprint density at radius 1 is 1.08 bits per heavy atom. The monoisotopic (exact) mass is 364 g/mol. The first-order chi connectivity index (χ1) is 12.3. The van der Waals surface area contributed by atoms with Gasteiger partial charge in [0, 0.05) is 40.0 Å². The van der Waals surface area contributed by atoms with Crippen molar-refractivity contribution < 1.29 is 19.1 Å². The molecule has 0 saturated heterocycles. The van der Waals surface area contributed by atoms with Crippen LogP contribution in [0.1, 0.15) is 12.0 Å². The summed E-state index contributed by atoms with van der Waals surface area (Å²) in [6.45, 7) is 2.58. The highest BCUT2D eigenvalue weighted by Gasteiger charge is 2.18. The van der Waals surface area contributed by atoms with Crippen LogP contribution >= 0.6 is 0 Å². The van der Waals surface area contributed by atoms with Crippen molar-refractivity contribution >= 4 is 23.5 Å². The van der Waals surface area contributed by atoms with Crippen LogP contribution in [0, 0.1) is 6.92 Å². The van der Waals surface area contributed by atoms with Crippen LogP contribution in [0.5, 0.6) is 0 Å². The molecule has 0 aromatic heterocycles. The Balaban J connectivity index is 2.46. The zero-order valence-corrected chi connectivity index (χ0v) is 15.9. The fourth-order valence-electron chi connectivity index (χ4n) is 2.18. The molecule has 0 aliphatic rings.